The van der Waals surface area contributed by atoms with Gasteiger partial charge in [0.2, 0.25) is 0 Å². The number of rotatable bonds is 5. The summed E-state index contributed by atoms with van der Waals surface area (Å²) in [5.41, 5.74) is 2.42. The third kappa shape index (κ3) is 3.23. The molecule has 0 saturated heterocycles. The van der Waals surface area contributed by atoms with Crippen molar-refractivity contribution in [1.82, 2.24) is 9.78 Å². The number of halogens is 1. The van der Waals surface area contributed by atoms with Gasteiger partial charge in [-0.1, -0.05) is 13.8 Å². The van der Waals surface area contributed by atoms with Gasteiger partial charge in [-0.05, 0) is 38.2 Å². The Morgan fingerprint density at radius 2 is 2.13 bits per heavy atom. The highest BCUT2D eigenvalue weighted by atomic mass is 35.5. The fraction of sp³-hybridized carbons (Fsp3) is 0.750. The van der Waals surface area contributed by atoms with Gasteiger partial charge in [0.15, 0.2) is 0 Å². The highest BCUT2D eigenvalue weighted by molar-refractivity contribution is 6.18. The second-order valence-electron chi connectivity index (χ2n) is 4.46. The average Bonchev–Trinajstić information content (AvgIpc) is 2.54. The van der Waals surface area contributed by atoms with Crippen molar-refractivity contribution in [3.8, 4) is 0 Å². The van der Waals surface area contributed by atoms with E-state index < -0.39 is 0 Å². The van der Waals surface area contributed by atoms with E-state index in [9.17, 15) is 0 Å². The van der Waals surface area contributed by atoms with Gasteiger partial charge >= 0.3 is 0 Å². The lowest BCUT2D eigenvalue weighted by Gasteiger charge is -2.18. The number of aryl methyl sites for hydroxylation is 2. The smallest absolute Gasteiger partial charge is 0.0596 e. The molecule has 0 radical (unpaired) electrons. The molecule has 1 heterocycles. The minimum atomic E-state index is 0.549. The van der Waals surface area contributed by atoms with E-state index in [2.05, 4.69) is 36.6 Å². The summed E-state index contributed by atoms with van der Waals surface area (Å²) in [6.07, 6.45) is 1.04. The molecule has 0 saturated carbocycles. The normalized spacial score (nSPS) is 13.5. The van der Waals surface area contributed by atoms with Crippen LogP contribution in [0.1, 0.15) is 32.2 Å². The van der Waals surface area contributed by atoms with Crippen LogP contribution in [0.3, 0.4) is 0 Å². The van der Waals surface area contributed by atoms with Crippen LogP contribution < -0.4 is 0 Å². The maximum absolute atomic E-state index is 5.99. The van der Waals surface area contributed by atoms with Crippen molar-refractivity contribution < 1.29 is 0 Å². The zero-order valence-electron chi connectivity index (χ0n) is 10.1. The lowest BCUT2D eigenvalue weighted by Crippen LogP contribution is -2.16. The molecule has 0 aromatic carbocycles. The van der Waals surface area contributed by atoms with Crippen molar-refractivity contribution in [2.24, 2.45) is 11.8 Å². The van der Waals surface area contributed by atoms with Gasteiger partial charge in [-0.15, -0.1) is 11.6 Å². The van der Waals surface area contributed by atoms with Crippen LogP contribution in [0, 0.1) is 18.8 Å². The standard InChI is InChI=1S/C12H21ClN2/c1-5-15-12(6-10(4)14-15)7-11(8-13)9(2)3/h6,9,11H,5,7-8H2,1-4H3. The van der Waals surface area contributed by atoms with Crippen LogP contribution in [0.4, 0.5) is 0 Å². The van der Waals surface area contributed by atoms with Gasteiger partial charge in [0.25, 0.3) is 0 Å². The predicted octanol–water partition coefficient (Wildman–Crippen LogP) is 3.26. The zero-order chi connectivity index (χ0) is 11.4. The maximum Gasteiger partial charge on any atom is 0.0596 e. The fourth-order valence-corrected chi connectivity index (χ4v) is 2.24. The molecule has 86 valence electrons. The molecule has 1 aromatic heterocycles. The summed E-state index contributed by atoms with van der Waals surface area (Å²) in [4.78, 5) is 0. The van der Waals surface area contributed by atoms with Crippen molar-refractivity contribution in [1.29, 1.82) is 0 Å². The molecule has 0 aliphatic heterocycles. The van der Waals surface area contributed by atoms with E-state index in [-0.39, 0.29) is 0 Å². The Kier molecular flexibility index (Phi) is 4.65. The first kappa shape index (κ1) is 12.6. The molecule has 15 heavy (non-hydrogen) atoms. The van der Waals surface area contributed by atoms with E-state index >= 15 is 0 Å². The Morgan fingerprint density at radius 1 is 1.47 bits per heavy atom. The first-order chi connectivity index (χ1) is 7.08. The molecule has 2 nitrogen and oxygen atoms in total. The quantitative estimate of drug-likeness (QED) is 0.708. The van der Waals surface area contributed by atoms with E-state index in [0.29, 0.717) is 11.8 Å². The van der Waals surface area contributed by atoms with Gasteiger partial charge in [0, 0.05) is 18.1 Å². The van der Waals surface area contributed by atoms with Crippen molar-refractivity contribution >= 4 is 11.6 Å². The summed E-state index contributed by atoms with van der Waals surface area (Å²) in [6.45, 7) is 9.57. The molecule has 1 atom stereocenters. The third-order valence-electron chi connectivity index (χ3n) is 2.90. The molecular weight excluding hydrogens is 208 g/mol. The first-order valence-corrected chi connectivity index (χ1v) is 6.21. The molecule has 1 aromatic rings. The number of hydrogen-bond acceptors (Lipinski definition) is 1. The van der Waals surface area contributed by atoms with E-state index in [1.165, 1.54) is 5.69 Å². The highest BCUT2D eigenvalue weighted by Gasteiger charge is 2.15. The van der Waals surface area contributed by atoms with Crippen molar-refractivity contribution in [3.05, 3.63) is 17.5 Å². The first-order valence-electron chi connectivity index (χ1n) is 5.67. The molecule has 0 N–H and O–H groups in total. The molecule has 0 spiro atoms. The topological polar surface area (TPSA) is 17.8 Å². The summed E-state index contributed by atoms with van der Waals surface area (Å²) in [5, 5.41) is 4.45. The van der Waals surface area contributed by atoms with Crippen molar-refractivity contribution in [3.63, 3.8) is 0 Å². The number of nitrogens with zero attached hydrogens (tertiary/aromatic N) is 2. The van der Waals surface area contributed by atoms with Gasteiger partial charge in [-0.2, -0.15) is 5.10 Å². The van der Waals surface area contributed by atoms with Gasteiger partial charge < -0.3 is 0 Å². The predicted molar refractivity (Wildman–Crippen MR) is 65.4 cm³/mol. The summed E-state index contributed by atoms with van der Waals surface area (Å²) in [7, 11) is 0. The Hall–Kier alpha value is -0.500. The number of alkyl halides is 1. The van der Waals surface area contributed by atoms with Crippen molar-refractivity contribution in [2.75, 3.05) is 5.88 Å². The van der Waals surface area contributed by atoms with E-state index in [1.807, 2.05) is 6.92 Å². The molecule has 1 rings (SSSR count). The number of aromatic nitrogens is 2. The van der Waals surface area contributed by atoms with Crippen LogP contribution in [0.2, 0.25) is 0 Å². The second-order valence-corrected chi connectivity index (χ2v) is 4.76. The highest BCUT2D eigenvalue weighted by Crippen LogP contribution is 2.19. The van der Waals surface area contributed by atoms with E-state index in [1.54, 1.807) is 0 Å². The van der Waals surface area contributed by atoms with Crippen LogP contribution in [0.5, 0.6) is 0 Å². The van der Waals surface area contributed by atoms with Crippen LogP contribution in [-0.4, -0.2) is 15.7 Å². The molecule has 0 bridgehead atoms. The van der Waals surface area contributed by atoms with Crippen LogP contribution >= 0.6 is 11.6 Å². The summed E-state index contributed by atoms with van der Waals surface area (Å²) in [6, 6.07) is 2.17. The molecule has 0 fully saturated rings. The van der Waals surface area contributed by atoms with Crippen LogP contribution in [0.25, 0.3) is 0 Å². The Morgan fingerprint density at radius 3 is 2.60 bits per heavy atom. The molecular formula is C12H21ClN2. The maximum atomic E-state index is 5.99. The largest absolute Gasteiger partial charge is 0.270 e. The fourth-order valence-electron chi connectivity index (χ4n) is 1.77. The van der Waals surface area contributed by atoms with Gasteiger partial charge in [-0.3, -0.25) is 4.68 Å². The molecule has 0 amide bonds. The summed E-state index contributed by atoms with van der Waals surface area (Å²) >= 11 is 5.99. The SMILES string of the molecule is CCn1nc(C)cc1CC(CCl)C(C)C. The second kappa shape index (κ2) is 5.55. The van der Waals surface area contributed by atoms with Gasteiger partial charge in [-0.25, -0.2) is 0 Å². The lowest BCUT2D eigenvalue weighted by molar-refractivity contribution is 0.408. The summed E-state index contributed by atoms with van der Waals surface area (Å²) in [5.74, 6) is 1.90. The van der Waals surface area contributed by atoms with Gasteiger partial charge in [0.05, 0.1) is 5.69 Å². The average molecular weight is 229 g/mol. The molecule has 1 unspecified atom stereocenters. The molecule has 0 aliphatic carbocycles. The van der Waals surface area contributed by atoms with Gasteiger partial charge in [0.1, 0.15) is 0 Å². The van der Waals surface area contributed by atoms with Crippen LogP contribution in [-0.2, 0) is 13.0 Å². The minimum absolute atomic E-state index is 0.549. The Balaban J connectivity index is 2.77. The Bertz CT molecular complexity index is 305. The monoisotopic (exact) mass is 228 g/mol. The van der Waals surface area contributed by atoms with Crippen LogP contribution in [0.15, 0.2) is 6.07 Å². The Labute approximate surface area is 97.6 Å². The molecule has 0 aliphatic rings. The lowest BCUT2D eigenvalue weighted by atomic mass is 9.93. The third-order valence-corrected chi connectivity index (χ3v) is 3.29. The molecule has 3 heteroatoms. The van der Waals surface area contributed by atoms with E-state index in [4.69, 9.17) is 11.6 Å². The zero-order valence-corrected chi connectivity index (χ0v) is 10.9. The number of hydrogen-bond donors (Lipinski definition) is 0. The summed E-state index contributed by atoms with van der Waals surface area (Å²) < 4.78 is 2.08. The van der Waals surface area contributed by atoms with E-state index in [0.717, 1.165) is 24.5 Å². The minimum Gasteiger partial charge on any atom is -0.270 e. The van der Waals surface area contributed by atoms with Crippen molar-refractivity contribution in [2.45, 2.75) is 40.7 Å².